The van der Waals surface area contributed by atoms with E-state index in [0.717, 1.165) is 10.3 Å². The number of nitrogens with zero attached hydrogens (tertiary/aromatic N) is 1. The Hall–Kier alpha value is -2.28. The molecule has 1 amide bonds. The molecule has 0 unspecified atom stereocenters. The molecular weight excluding hydrogens is 381 g/mol. The van der Waals surface area contributed by atoms with Crippen LogP contribution in [0.2, 0.25) is 10.0 Å². The lowest BCUT2D eigenvalue weighted by Gasteiger charge is -2.02. The normalized spacial score (nSPS) is 11.0. The van der Waals surface area contributed by atoms with E-state index in [4.69, 9.17) is 27.9 Å². The van der Waals surface area contributed by atoms with E-state index in [1.165, 1.54) is 17.4 Å². The first-order chi connectivity index (χ1) is 12.1. The third-order valence-electron chi connectivity index (χ3n) is 3.29. The summed E-state index contributed by atoms with van der Waals surface area (Å²) in [5.74, 6) is 0.283. The number of fused-ring (bicyclic) bond motifs is 1. The minimum Gasteiger partial charge on any atom is -0.494 e. The maximum atomic E-state index is 11.9. The van der Waals surface area contributed by atoms with E-state index in [0.29, 0.717) is 26.4 Å². The van der Waals surface area contributed by atoms with E-state index in [1.807, 2.05) is 18.2 Å². The second-order valence-corrected chi connectivity index (χ2v) is 6.73. The molecule has 3 aromatic rings. The van der Waals surface area contributed by atoms with Crippen molar-refractivity contribution in [1.29, 1.82) is 0 Å². The third kappa shape index (κ3) is 4.04. The van der Waals surface area contributed by atoms with E-state index in [9.17, 15) is 4.79 Å². The molecule has 5 nitrogen and oxygen atoms in total. The van der Waals surface area contributed by atoms with Crippen LogP contribution in [0.25, 0.3) is 16.3 Å². The van der Waals surface area contributed by atoms with Crippen molar-refractivity contribution < 1.29 is 9.53 Å². The lowest BCUT2D eigenvalue weighted by molar-refractivity contribution is -0.115. The lowest BCUT2D eigenvalue weighted by Crippen LogP contribution is -2.27. The summed E-state index contributed by atoms with van der Waals surface area (Å²) >= 11 is 13.5. The first kappa shape index (κ1) is 17.5. The summed E-state index contributed by atoms with van der Waals surface area (Å²) in [6.07, 6.45) is 3.02. The van der Waals surface area contributed by atoms with Crippen LogP contribution in [0.4, 0.5) is 5.13 Å². The second-order valence-electron chi connectivity index (χ2n) is 4.92. The van der Waals surface area contributed by atoms with Gasteiger partial charge in [0.25, 0.3) is 5.91 Å². The van der Waals surface area contributed by atoms with Gasteiger partial charge < -0.3 is 4.74 Å². The lowest BCUT2D eigenvalue weighted by atomic mass is 10.2. The molecule has 0 atom stereocenters. The molecule has 0 fully saturated rings. The Balaban J connectivity index is 1.69. The number of nitrogens with one attached hydrogen (secondary N) is 2. The highest BCUT2D eigenvalue weighted by Gasteiger charge is 2.12. The monoisotopic (exact) mass is 393 g/mol. The van der Waals surface area contributed by atoms with Crippen LogP contribution in [0.5, 0.6) is 5.75 Å². The zero-order valence-corrected chi connectivity index (χ0v) is 15.4. The number of ether oxygens (including phenoxy) is 1. The van der Waals surface area contributed by atoms with E-state index in [2.05, 4.69) is 15.8 Å². The SMILES string of the molecule is COc1ccc(Cl)c2sc(NNC(=O)/C=C/c3ccccc3Cl)nc12. The summed E-state index contributed by atoms with van der Waals surface area (Å²) in [5, 5.41) is 1.65. The van der Waals surface area contributed by atoms with Crippen molar-refractivity contribution in [2.75, 3.05) is 12.5 Å². The molecule has 0 bridgehead atoms. The number of amides is 1. The summed E-state index contributed by atoms with van der Waals surface area (Å²) in [6, 6.07) is 10.7. The maximum Gasteiger partial charge on any atom is 0.262 e. The summed E-state index contributed by atoms with van der Waals surface area (Å²) < 4.78 is 6.05. The van der Waals surface area contributed by atoms with Crippen molar-refractivity contribution in [1.82, 2.24) is 10.4 Å². The van der Waals surface area contributed by atoms with E-state index in [1.54, 1.807) is 31.4 Å². The molecule has 0 spiro atoms. The van der Waals surface area contributed by atoms with Crippen LogP contribution in [-0.4, -0.2) is 18.0 Å². The van der Waals surface area contributed by atoms with Crippen molar-refractivity contribution >= 4 is 61.9 Å². The molecule has 25 heavy (non-hydrogen) atoms. The van der Waals surface area contributed by atoms with Gasteiger partial charge in [-0.15, -0.1) is 0 Å². The number of thiazole rings is 1. The predicted octanol–water partition coefficient (Wildman–Crippen LogP) is 4.77. The Bertz CT molecular complexity index is 956. The van der Waals surface area contributed by atoms with Gasteiger partial charge in [-0.05, 0) is 29.8 Å². The van der Waals surface area contributed by atoms with Gasteiger partial charge in [0.15, 0.2) is 0 Å². The van der Waals surface area contributed by atoms with Crippen molar-refractivity contribution in [3.8, 4) is 5.75 Å². The third-order valence-corrected chi connectivity index (χ3v) is 5.07. The smallest absolute Gasteiger partial charge is 0.262 e. The number of hydrazine groups is 1. The average molecular weight is 394 g/mol. The minimum absolute atomic E-state index is 0.336. The number of benzene rings is 2. The Morgan fingerprint density at radius 3 is 2.76 bits per heavy atom. The molecule has 3 rings (SSSR count). The summed E-state index contributed by atoms with van der Waals surface area (Å²) in [6.45, 7) is 0. The van der Waals surface area contributed by atoms with Crippen LogP contribution in [0, 0.1) is 0 Å². The van der Waals surface area contributed by atoms with Gasteiger partial charge in [-0.25, -0.2) is 4.98 Å². The number of halogens is 2. The van der Waals surface area contributed by atoms with Gasteiger partial charge in [0.2, 0.25) is 5.13 Å². The Labute approximate surface area is 158 Å². The molecule has 2 N–H and O–H groups in total. The standard InChI is InChI=1S/C17H13Cl2N3O2S/c1-24-13-8-7-12(19)16-15(13)20-17(25-16)22-21-14(23)9-6-10-4-2-3-5-11(10)18/h2-9H,1H3,(H,20,22)(H,21,23)/b9-6+. The minimum atomic E-state index is -0.336. The second kappa shape index (κ2) is 7.74. The van der Waals surface area contributed by atoms with Crippen LogP contribution in [0.3, 0.4) is 0 Å². The first-order valence-electron chi connectivity index (χ1n) is 7.20. The number of hydrogen-bond donors (Lipinski definition) is 2. The Morgan fingerprint density at radius 2 is 2.00 bits per heavy atom. The number of rotatable bonds is 5. The van der Waals surface area contributed by atoms with Crippen molar-refractivity contribution in [3.63, 3.8) is 0 Å². The summed E-state index contributed by atoms with van der Waals surface area (Å²) in [5.41, 5.74) is 6.73. The highest BCUT2D eigenvalue weighted by molar-refractivity contribution is 7.22. The average Bonchev–Trinajstić information content (AvgIpc) is 3.05. The van der Waals surface area contributed by atoms with Crippen molar-refractivity contribution in [2.45, 2.75) is 0 Å². The van der Waals surface area contributed by atoms with Gasteiger partial charge in [0.1, 0.15) is 11.3 Å². The highest BCUT2D eigenvalue weighted by Crippen LogP contribution is 2.37. The molecule has 0 saturated carbocycles. The molecule has 128 valence electrons. The van der Waals surface area contributed by atoms with Gasteiger partial charge in [0.05, 0.1) is 16.8 Å². The molecule has 8 heteroatoms. The number of hydrogen-bond acceptors (Lipinski definition) is 5. The van der Waals surface area contributed by atoms with Crippen LogP contribution in [0.1, 0.15) is 5.56 Å². The van der Waals surface area contributed by atoms with E-state index in [-0.39, 0.29) is 5.91 Å². The van der Waals surface area contributed by atoms with Gasteiger partial charge in [0, 0.05) is 11.1 Å². The fraction of sp³-hybridized carbons (Fsp3) is 0.0588. The van der Waals surface area contributed by atoms with Crippen molar-refractivity contribution in [2.24, 2.45) is 0 Å². The van der Waals surface area contributed by atoms with Crippen LogP contribution >= 0.6 is 34.5 Å². The first-order valence-corrected chi connectivity index (χ1v) is 8.77. The van der Waals surface area contributed by atoms with Gasteiger partial charge in [-0.1, -0.05) is 52.7 Å². The molecule has 0 aliphatic rings. The summed E-state index contributed by atoms with van der Waals surface area (Å²) in [7, 11) is 1.57. The van der Waals surface area contributed by atoms with Gasteiger partial charge in [-0.3, -0.25) is 15.6 Å². The van der Waals surface area contributed by atoms with Crippen LogP contribution in [0.15, 0.2) is 42.5 Å². The van der Waals surface area contributed by atoms with Crippen LogP contribution in [-0.2, 0) is 4.79 Å². The van der Waals surface area contributed by atoms with E-state index >= 15 is 0 Å². The number of anilines is 1. The Kier molecular flexibility index (Phi) is 5.43. The van der Waals surface area contributed by atoms with E-state index < -0.39 is 0 Å². The largest absolute Gasteiger partial charge is 0.494 e. The predicted molar refractivity (Wildman–Crippen MR) is 103 cm³/mol. The quantitative estimate of drug-likeness (QED) is 0.484. The van der Waals surface area contributed by atoms with Crippen LogP contribution < -0.4 is 15.6 Å². The van der Waals surface area contributed by atoms with Gasteiger partial charge >= 0.3 is 0 Å². The molecule has 1 heterocycles. The molecule has 0 radical (unpaired) electrons. The zero-order chi connectivity index (χ0) is 17.8. The van der Waals surface area contributed by atoms with Gasteiger partial charge in [-0.2, -0.15) is 0 Å². The zero-order valence-electron chi connectivity index (χ0n) is 13.0. The molecule has 0 aliphatic heterocycles. The molecule has 0 saturated heterocycles. The number of aromatic nitrogens is 1. The maximum absolute atomic E-state index is 11.9. The molecule has 0 aliphatic carbocycles. The number of methoxy groups -OCH3 is 1. The summed E-state index contributed by atoms with van der Waals surface area (Å²) in [4.78, 5) is 16.3. The fourth-order valence-corrected chi connectivity index (χ4v) is 3.41. The topological polar surface area (TPSA) is 63.2 Å². The molecule has 1 aromatic heterocycles. The molecule has 2 aromatic carbocycles. The number of carbonyl (C=O) groups excluding carboxylic acids is 1. The van der Waals surface area contributed by atoms with Crippen molar-refractivity contribution in [3.05, 3.63) is 58.1 Å². The highest BCUT2D eigenvalue weighted by atomic mass is 35.5. The fourth-order valence-electron chi connectivity index (χ4n) is 2.10. The number of carbonyl (C=O) groups is 1. The molecular formula is C17H13Cl2N3O2S. The Morgan fingerprint density at radius 1 is 1.20 bits per heavy atom.